The lowest BCUT2D eigenvalue weighted by Gasteiger charge is -2.09. The summed E-state index contributed by atoms with van der Waals surface area (Å²) in [6.07, 6.45) is 2.94. The fourth-order valence-corrected chi connectivity index (χ4v) is 1.67. The summed E-state index contributed by atoms with van der Waals surface area (Å²) in [4.78, 5) is 11.6. The van der Waals surface area contributed by atoms with Gasteiger partial charge >= 0.3 is 5.91 Å². The van der Waals surface area contributed by atoms with Crippen molar-refractivity contribution in [3.8, 4) is 11.5 Å². The van der Waals surface area contributed by atoms with Crippen molar-refractivity contribution in [3.05, 3.63) is 47.9 Å². The van der Waals surface area contributed by atoms with Crippen LogP contribution in [-0.4, -0.2) is 25.8 Å². The molecule has 2 aromatic rings. The van der Waals surface area contributed by atoms with E-state index in [1.165, 1.54) is 12.5 Å². The Labute approximate surface area is 122 Å². The first kappa shape index (κ1) is 14.6. The van der Waals surface area contributed by atoms with Gasteiger partial charge in [-0.1, -0.05) is 0 Å². The number of hydrazone groups is 1. The van der Waals surface area contributed by atoms with Crippen molar-refractivity contribution in [2.75, 3.05) is 13.7 Å². The second-order valence-electron chi connectivity index (χ2n) is 4.02. The molecule has 1 amide bonds. The molecule has 0 unspecified atom stereocenters. The van der Waals surface area contributed by atoms with E-state index in [2.05, 4.69) is 10.5 Å². The largest absolute Gasteiger partial charge is 0.493 e. The number of benzene rings is 1. The number of rotatable bonds is 6. The molecule has 0 atom stereocenters. The molecule has 1 aromatic carbocycles. The van der Waals surface area contributed by atoms with Crippen LogP contribution in [0.3, 0.4) is 0 Å². The third kappa shape index (κ3) is 3.85. The quantitative estimate of drug-likeness (QED) is 0.654. The summed E-state index contributed by atoms with van der Waals surface area (Å²) in [6, 6.07) is 8.57. The molecule has 6 heteroatoms. The minimum Gasteiger partial charge on any atom is -0.493 e. The van der Waals surface area contributed by atoms with Crippen LogP contribution < -0.4 is 14.9 Å². The van der Waals surface area contributed by atoms with Gasteiger partial charge in [-0.15, -0.1) is 0 Å². The molecule has 6 nitrogen and oxygen atoms in total. The lowest BCUT2D eigenvalue weighted by molar-refractivity contribution is 0.0927. The van der Waals surface area contributed by atoms with Crippen LogP contribution in [0, 0.1) is 0 Å². The zero-order valence-corrected chi connectivity index (χ0v) is 11.8. The van der Waals surface area contributed by atoms with Crippen LogP contribution in [0.15, 0.2) is 46.1 Å². The fourth-order valence-electron chi connectivity index (χ4n) is 1.67. The summed E-state index contributed by atoms with van der Waals surface area (Å²) < 4.78 is 15.6. The van der Waals surface area contributed by atoms with Crippen molar-refractivity contribution in [1.82, 2.24) is 5.43 Å². The summed E-state index contributed by atoms with van der Waals surface area (Å²) >= 11 is 0. The standard InChI is InChI=1S/C15H16N2O4/c1-3-20-12-7-6-11(9-14(12)19-2)10-16-17-15(18)13-5-4-8-21-13/h4-10H,3H2,1-2H3,(H,17,18). The molecule has 0 aliphatic rings. The van der Waals surface area contributed by atoms with E-state index in [1.54, 1.807) is 31.4 Å². The predicted molar refractivity (Wildman–Crippen MR) is 77.9 cm³/mol. The molecule has 2 rings (SSSR count). The summed E-state index contributed by atoms with van der Waals surface area (Å²) in [5.74, 6) is 1.07. The third-order valence-electron chi connectivity index (χ3n) is 2.61. The molecule has 0 spiro atoms. The van der Waals surface area contributed by atoms with Crippen LogP contribution in [0.25, 0.3) is 0 Å². The molecule has 0 aliphatic carbocycles. The number of nitrogens with zero attached hydrogens (tertiary/aromatic N) is 1. The maximum Gasteiger partial charge on any atom is 0.307 e. The van der Waals surface area contributed by atoms with Gasteiger partial charge in [-0.25, -0.2) is 5.43 Å². The average Bonchev–Trinajstić information content (AvgIpc) is 3.03. The van der Waals surface area contributed by atoms with E-state index < -0.39 is 5.91 Å². The lowest BCUT2D eigenvalue weighted by atomic mass is 10.2. The van der Waals surface area contributed by atoms with E-state index in [9.17, 15) is 4.79 Å². The van der Waals surface area contributed by atoms with Crippen molar-refractivity contribution in [2.24, 2.45) is 5.10 Å². The van der Waals surface area contributed by atoms with E-state index in [-0.39, 0.29) is 5.76 Å². The molecule has 0 aliphatic heterocycles. The summed E-state index contributed by atoms with van der Waals surface area (Å²) in [5, 5.41) is 3.87. The Kier molecular flexibility index (Phi) is 4.98. The van der Waals surface area contributed by atoms with E-state index in [0.717, 1.165) is 5.56 Å². The van der Waals surface area contributed by atoms with Gasteiger partial charge in [0.2, 0.25) is 0 Å². The van der Waals surface area contributed by atoms with Crippen molar-refractivity contribution >= 4 is 12.1 Å². The van der Waals surface area contributed by atoms with Gasteiger partial charge in [0.1, 0.15) is 0 Å². The number of hydrogen-bond donors (Lipinski definition) is 1. The van der Waals surface area contributed by atoms with Gasteiger partial charge in [-0.2, -0.15) is 5.10 Å². The Morgan fingerprint density at radius 2 is 2.24 bits per heavy atom. The van der Waals surface area contributed by atoms with Crippen molar-refractivity contribution < 1.29 is 18.7 Å². The minimum absolute atomic E-state index is 0.205. The van der Waals surface area contributed by atoms with Crippen molar-refractivity contribution in [3.63, 3.8) is 0 Å². The van der Waals surface area contributed by atoms with E-state index in [1.807, 2.05) is 13.0 Å². The number of carbonyl (C=O) groups is 1. The molecule has 1 N–H and O–H groups in total. The van der Waals surface area contributed by atoms with E-state index in [0.29, 0.717) is 18.1 Å². The SMILES string of the molecule is CCOc1ccc(C=NNC(=O)c2ccco2)cc1OC. The van der Waals surface area contributed by atoms with Crippen LogP contribution in [0.2, 0.25) is 0 Å². The van der Waals surface area contributed by atoms with Gasteiger partial charge in [-0.3, -0.25) is 4.79 Å². The van der Waals surface area contributed by atoms with Gasteiger partial charge in [0.05, 0.1) is 26.2 Å². The van der Waals surface area contributed by atoms with Gasteiger partial charge in [0.15, 0.2) is 17.3 Å². The van der Waals surface area contributed by atoms with Crippen LogP contribution >= 0.6 is 0 Å². The zero-order valence-electron chi connectivity index (χ0n) is 11.8. The normalized spacial score (nSPS) is 10.6. The van der Waals surface area contributed by atoms with Crippen molar-refractivity contribution in [2.45, 2.75) is 6.92 Å². The second kappa shape index (κ2) is 7.14. The molecule has 110 valence electrons. The molecule has 0 saturated carbocycles. The Morgan fingerprint density at radius 3 is 2.90 bits per heavy atom. The number of furan rings is 1. The number of hydrogen-bond acceptors (Lipinski definition) is 5. The van der Waals surface area contributed by atoms with Gasteiger partial charge in [-0.05, 0) is 42.8 Å². The summed E-state index contributed by atoms with van der Waals surface area (Å²) in [5.41, 5.74) is 3.15. The Bertz CT molecular complexity index is 621. The van der Waals surface area contributed by atoms with Crippen molar-refractivity contribution in [1.29, 1.82) is 0 Å². The van der Waals surface area contributed by atoms with Gasteiger partial charge in [0.25, 0.3) is 0 Å². The van der Waals surface area contributed by atoms with Crippen LogP contribution in [0.1, 0.15) is 23.0 Å². The van der Waals surface area contributed by atoms with Gasteiger partial charge in [0, 0.05) is 0 Å². The maximum atomic E-state index is 11.6. The molecule has 1 heterocycles. The molecule has 0 fully saturated rings. The monoisotopic (exact) mass is 288 g/mol. The first-order valence-corrected chi connectivity index (χ1v) is 6.42. The Balaban J connectivity index is 2.02. The summed E-state index contributed by atoms with van der Waals surface area (Å²) in [6.45, 7) is 2.46. The molecule has 0 bridgehead atoms. The highest BCUT2D eigenvalue weighted by Gasteiger charge is 2.06. The first-order valence-electron chi connectivity index (χ1n) is 6.42. The number of carbonyl (C=O) groups excluding carboxylic acids is 1. The first-order chi connectivity index (χ1) is 10.2. The van der Waals surface area contributed by atoms with E-state index >= 15 is 0 Å². The lowest BCUT2D eigenvalue weighted by Crippen LogP contribution is -2.16. The topological polar surface area (TPSA) is 73.1 Å². The maximum absolute atomic E-state index is 11.6. The molecule has 0 saturated heterocycles. The highest BCUT2D eigenvalue weighted by Crippen LogP contribution is 2.27. The predicted octanol–water partition coefficient (Wildman–Crippen LogP) is 2.45. The van der Waals surface area contributed by atoms with Gasteiger partial charge < -0.3 is 13.9 Å². The average molecular weight is 288 g/mol. The van der Waals surface area contributed by atoms with Crippen LogP contribution in [-0.2, 0) is 0 Å². The Hall–Kier alpha value is -2.76. The number of amides is 1. The molecule has 1 aromatic heterocycles. The Morgan fingerprint density at radius 1 is 1.38 bits per heavy atom. The third-order valence-corrected chi connectivity index (χ3v) is 2.61. The fraction of sp³-hybridized carbons (Fsp3) is 0.200. The molecule has 0 radical (unpaired) electrons. The minimum atomic E-state index is -0.408. The second-order valence-corrected chi connectivity index (χ2v) is 4.02. The zero-order chi connectivity index (χ0) is 15.1. The molecule has 21 heavy (non-hydrogen) atoms. The number of ether oxygens (including phenoxy) is 2. The highest BCUT2D eigenvalue weighted by molar-refractivity contribution is 5.92. The smallest absolute Gasteiger partial charge is 0.307 e. The number of nitrogens with one attached hydrogen (secondary N) is 1. The highest BCUT2D eigenvalue weighted by atomic mass is 16.5. The molecular formula is C15H16N2O4. The van der Waals surface area contributed by atoms with Crippen LogP contribution in [0.4, 0.5) is 0 Å². The number of methoxy groups -OCH3 is 1. The molecular weight excluding hydrogens is 272 g/mol. The van der Waals surface area contributed by atoms with Crippen LogP contribution in [0.5, 0.6) is 11.5 Å². The summed E-state index contributed by atoms with van der Waals surface area (Å²) in [7, 11) is 1.57. The van der Waals surface area contributed by atoms with E-state index in [4.69, 9.17) is 13.9 Å².